The van der Waals surface area contributed by atoms with Gasteiger partial charge in [0.1, 0.15) is 23.0 Å². The molecule has 0 saturated carbocycles. The van der Waals surface area contributed by atoms with Crippen LogP contribution in [0.4, 0.5) is 5.69 Å². The van der Waals surface area contributed by atoms with Crippen molar-refractivity contribution in [2.75, 3.05) is 31.2 Å². The Bertz CT molecular complexity index is 923. The third kappa shape index (κ3) is 5.08. The summed E-state index contributed by atoms with van der Waals surface area (Å²) in [6.07, 6.45) is 0.689. The number of hydrogen-bond donors (Lipinski definition) is 0. The van der Waals surface area contributed by atoms with Gasteiger partial charge in [-0.15, -0.1) is 0 Å². The molecule has 5 nitrogen and oxygen atoms in total. The minimum Gasteiger partial charge on any atom is -0.457 e. The maximum absolute atomic E-state index is 6.03. The van der Waals surface area contributed by atoms with Crippen molar-refractivity contribution in [2.24, 2.45) is 0 Å². The van der Waals surface area contributed by atoms with Crippen molar-refractivity contribution in [2.45, 2.75) is 12.2 Å². The summed E-state index contributed by atoms with van der Waals surface area (Å²) in [7, 11) is 0. The van der Waals surface area contributed by atoms with Crippen LogP contribution in [-0.4, -0.2) is 38.5 Å². The zero-order valence-corrected chi connectivity index (χ0v) is 16.1. The fraction of sp³-hybridized carbons (Fsp3) is 0.250. The molecule has 0 radical (unpaired) electrons. The highest BCUT2D eigenvalue weighted by molar-refractivity contribution is 5.50. The molecule has 0 aliphatic carbocycles. The van der Waals surface area contributed by atoms with Gasteiger partial charge in [-0.05, 0) is 48.5 Å². The Morgan fingerprint density at radius 2 is 1.17 bits per heavy atom. The Morgan fingerprint density at radius 1 is 0.655 bits per heavy atom. The molecule has 3 aromatic carbocycles. The lowest BCUT2D eigenvalue weighted by Gasteiger charge is -2.23. The lowest BCUT2D eigenvalue weighted by atomic mass is 10.2. The summed E-state index contributed by atoms with van der Waals surface area (Å²) in [6.45, 7) is 3.51. The molecule has 0 bridgehead atoms. The lowest BCUT2D eigenvalue weighted by molar-refractivity contribution is 0.389. The van der Waals surface area contributed by atoms with Gasteiger partial charge in [0.15, 0.2) is 0 Å². The summed E-state index contributed by atoms with van der Waals surface area (Å²) < 4.78 is 22.7. The average Bonchev–Trinajstić information content (AvgIpc) is 3.66. The smallest absolute Gasteiger partial charge is 0.131 e. The van der Waals surface area contributed by atoms with Crippen LogP contribution in [0.5, 0.6) is 23.0 Å². The number of para-hydroxylation sites is 1. The number of anilines is 1. The van der Waals surface area contributed by atoms with Crippen molar-refractivity contribution in [1.82, 2.24) is 0 Å². The average molecular weight is 389 g/mol. The third-order valence-electron chi connectivity index (χ3n) is 4.87. The van der Waals surface area contributed by atoms with Gasteiger partial charge in [0, 0.05) is 24.8 Å². The van der Waals surface area contributed by atoms with Gasteiger partial charge < -0.3 is 23.8 Å². The summed E-state index contributed by atoms with van der Waals surface area (Å²) in [6, 6.07) is 25.5. The largest absolute Gasteiger partial charge is 0.457 e. The minimum absolute atomic E-state index is 0.344. The Kier molecular flexibility index (Phi) is 5.07. The molecule has 2 aliphatic rings. The molecule has 2 unspecified atom stereocenters. The summed E-state index contributed by atoms with van der Waals surface area (Å²) in [5, 5.41) is 0. The number of rotatable bonds is 9. The Labute approximate surface area is 170 Å². The zero-order valence-electron chi connectivity index (χ0n) is 16.1. The van der Waals surface area contributed by atoms with Gasteiger partial charge >= 0.3 is 0 Å². The zero-order chi connectivity index (χ0) is 19.5. The molecule has 0 amide bonds. The van der Waals surface area contributed by atoms with Gasteiger partial charge in [-0.3, -0.25) is 0 Å². The lowest BCUT2D eigenvalue weighted by Crippen LogP contribution is -2.31. The maximum atomic E-state index is 6.03. The number of epoxide rings is 2. The third-order valence-corrected chi connectivity index (χ3v) is 4.87. The summed E-state index contributed by atoms with van der Waals surface area (Å²) in [4.78, 5) is 2.33. The molecular formula is C24H23NO4. The molecule has 29 heavy (non-hydrogen) atoms. The van der Waals surface area contributed by atoms with E-state index in [0.29, 0.717) is 12.2 Å². The van der Waals surface area contributed by atoms with Gasteiger partial charge in [-0.25, -0.2) is 0 Å². The second kappa shape index (κ2) is 8.15. The van der Waals surface area contributed by atoms with E-state index in [1.54, 1.807) is 0 Å². The highest BCUT2D eigenvalue weighted by atomic mass is 16.6. The van der Waals surface area contributed by atoms with Gasteiger partial charge in [-0.2, -0.15) is 0 Å². The van der Waals surface area contributed by atoms with E-state index in [9.17, 15) is 0 Å². The molecule has 0 N–H and O–H groups in total. The van der Waals surface area contributed by atoms with E-state index in [4.69, 9.17) is 18.9 Å². The Morgan fingerprint density at radius 3 is 1.72 bits per heavy atom. The van der Waals surface area contributed by atoms with E-state index in [-0.39, 0.29) is 0 Å². The molecule has 2 heterocycles. The number of nitrogens with zero attached hydrogens (tertiary/aromatic N) is 1. The maximum Gasteiger partial charge on any atom is 0.131 e. The quantitative estimate of drug-likeness (QED) is 0.489. The SMILES string of the molecule is c1ccc(Oc2cccc(Oc3ccc(N(CC4CO4)CC4CO4)cc3)c2)cc1. The van der Waals surface area contributed by atoms with Crippen molar-refractivity contribution in [3.05, 3.63) is 78.9 Å². The molecule has 0 aromatic heterocycles. The topological polar surface area (TPSA) is 46.8 Å². The molecule has 0 spiro atoms. The highest BCUT2D eigenvalue weighted by Crippen LogP contribution is 2.30. The van der Waals surface area contributed by atoms with Crippen LogP contribution in [0, 0.1) is 0 Å². The van der Waals surface area contributed by atoms with E-state index in [2.05, 4.69) is 17.0 Å². The van der Waals surface area contributed by atoms with E-state index in [0.717, 1.165) is 55.0 Å². The van der Waals surface area contributed by atoms with E-state index in [1.807, 2.05) is 66.7 Å². The molecule has 3 aromatic rings. The van der Waals surface area contributed by atoms with Gasteiger partial charge in [-0.1, -0.05) is 24.3 Å². The van der Waals surface area contributed by atoms with Gasteiger partial charge in [0.2, 0.25) is 0 Å². The van der Waals surface area contributed by atoms with Crippen molar-refractivity contribution in [1.29, 1.82) is 0 Å². The molecule has 5 heteroatoms. The first-order chi connectivity index (χ1) is 14.3. The summed E-state index contributed by atoms with van der Waals surface area (Å²) in [5.74, 6) is 3.07. The van der Waals surface area contributed by atoms with Crippen LogP contribution in [0.3, 0.4) is 0 Å². The van der Waals surface area contributed by atoms with Crippen LogP contribution >= 0.6 is 0 Å². The summed E-state index contributed by atoms with van der Waals surface area (Å²) >= 11 is 0. The highest BCUT2D eigenvalue weighted by Gasteiger charge is 2.30. The van der Waals surface area contributed by atoms with Crippen molar-refractivity contribution in [3.63, 3.8) is 0 Å². The second-order valence-electron chi connectivity index (χ2n) is 7.30. The van der Waals surface area contributed by atoms with Gasteiger partial charge in [0.25, 0.3) is 0 Å². The van der Waals surface area contributed by atoms with Crippen LogP contribution in [-0.2, 0) is 9.47 Å². The number of hydrogen-bond acceptors (Lipinski definition) is 5. The predicted octanol–water partition coefficient (Wildman–Crippen LogP) is 4.88. The number of benzene rings is 3. The van der Waals surface area contributed by atoms with Crippen molar-refractivity contribution >= 4 is 5.69 Å². The van der Waals surface area contributed by atoms with Crippen LogP contribution in [0.1, 0.15) is 0 Å². The van der Waals surface area contributed by atoms with E-state index < -0.39 is 0 Å². The monoisotopic (exact) mass is 389 g/mol. The molecule has 5 rings (SSSR count). The van der Waals surface area contributed by atoms with Crippen molar-refractivity contribution in [3.8, 4) is 23.0 Å². The Balaban J connectivity index is 1.25. The van der Waals surface area contributed by atoms with Crippen LogP contribution in [0.2, 0.25) is 0 Å². The number of ether oxygens (including phenoxy) is 4. The molecule has 2 saturated heterocycles. The molecule has 2 fully saturated rings. The first kappa shape index (κ1) is 18.0. The molecular weight excluding hydrogens is 366 g/mol. The standard InChI is InChI=1S/C24H23NO4/c1-2-5-19(6-3-1)28-21-7-4-8-22(13-21)29-20-11-9-18(10-12-20)25(14-23-16-26-23)15-24-17-27-24/h1-13,23-24H,14-17H2. The van der Waals surface area contributed by atoms with Gasteiger partial charge in [0.05, 0.1) is 25.4 Å². The van der Waals surface area contributed by atoms with Crippen LogP contribution in [0.25, 0.3) is 0 Å². The molecule has 2 atom stereocenters. The predicted molar refractivity (Wildman–Crippen MR) is 111 cm³/mol. The van der Waals surface area contributed by atoms with Crippen LogP contribution < -0.4 is 14.4 Å². The van der Waals surface area contributed by atoms with E-state index in [1.165, 1.54) is 0 Å². The fourth-order valence-corrected chi connectivity index (χ4v) is 3.21. The first-order valence-electron chi connectivity index (χ1n) is 9.91. The van der Waals surface area contributed by atoms with Crippen molar-refractivity contribution < 1.29 is 18.9 Å². The minimum atomic E-state index is 0.344. The normalized spacial score (nSPS) is 19.4. The first-order valence-corrected chi connectivity index (χ1v) is 9.91. The molecule has 2 aliphatic heterocycles. The Hall–Kier alpha value is -3.02. The van der Waals surface area contributed by atoms with Crippen LogP contribution in [0.15, 0.2) is 78.9 Å². The van der Waals surface area contributed by atoms with E-state index >= 15 is 0 Å². The summed E-state index contributed by atoms with van der Waals surface area (Å²) in [5.41, 5.74) is 1.16. The molecule has 148 valence electrons. The second-order valence-corrected chi connectivity index (χ2v) is 7.30. The fourth-order valence-electron chi connectivity index (χ4n) is 3.21.